The summed E-state index contributed by atoms with van der Waals surface area (Å²) in [6.45, 7) is 6.17. The molecule has 0 amide bonds. The van der Waals surface area contributed by atoms with Crippen molar-refractivity contribution in [1.29, 1.82) is 0 Å². The maximum absolute atomic E-state index is 14.9. The highest BCUT2D eigenvalue weighted by Gasteiger charge is 2.42. The fraction of sp³-hybridized carbons (Fsp3) is 0.292. The Morgan fingerprint density at radius 3 is 2.70 bits per heavy atom. The van der Waals surface area contributed by atoms with Crippen LogP contribution in [0.25, 0.3) is 11.4 Å². The second-order valence-corrected chi connectivity index (χ2v) is 8.96. The van der Waals surface area contributed by atoms with Gasteiger partial charge in [-0.25, -0.2) is 9.07 Å². The van der Waals surface area contributed by atoms with Crippen molar-refractivity contribution in [2.45, 2.75) is 39.7 Å². The number of nitrogens with zero attached hydrogens (tertiary/aromatic N) is 3. The lowest BCUT2D eigenvalue weighted by Gasteiger charge is -2.38. The number of hydrogen-bond donors (Lipinski definition) is 1. The molecule has 0 radical (unpaired) electrons. The largest absolute Gasteiger partial charge is 0.328 e. The summed E-state index contributed by atoms with van der Waals surface area (Å²) in [5.74, 6) is 0.755. The van der Waals surface area contributed by atoms with E-state index in [-0.39, 0.29) is 17.0 Å². The number of anilines is 1. The quantitative estimate of drug-likeness (QED) is 0.652. The van der Waals surface area contributed by atoms with Gasteiger partial charge in [-0.1, -0.05) is 55.8 Å². The van der Waals surface area contributed by atoms with Gasteiger partial charge in [-0.05, 0) is 30.9 Å². The van der Waals surface area contributed by atoms with Crippen molar-refractivity contribution in [1.82, 2.24) is 14.8 Å². The topological polar surface area (TPSA) is 59.8 Å². The molecule has 152 valence electrons. The highest BCUT2D eigenvalue weighted by molar-refractivity contribution is 6.00. The standard InChI is InChI=1S/C24H23FN4O/c1-14-7-6-8-15(11-14)22-27-23-26-18-12-24(2,3)13-19(30)20(18)21(29(23)28-22)16-9-4-5-10-17(16)25/h4-11,21H,12-13H2,1-3H3,(H,26,27,28). The minimum absolute atomic E-state index is 0.0280. The zero-order valence-electron chi connectivity index (χ0n) is 17.2. The summed E-state index contributed by atoms with van der Waals surface area (Å²) in [6.07, 6.45) is 1.12. The third-order valence-electron chi connectivity index (χ3n) is 5.81. The molecule has 5 nitrogen and oxygen atoms in total. The molecule has 1 aromatic heterocycles. The summed E-state index contributed by atoms with van der Waals surface area (Å²) in [4.78, 5) is 17.9. The first-order valence-electron chi connectivity index (χ1n) is 10.1. The van der Waals surface area contributed by atoms with Crippen LogP contribution in [0, 0.1) is 18.2 Å². The fourth-order valence-electron chi connectivity index (χ4n) is 4.50. The average molecular weight is 402 g/mol. The van der Waals surface area contributed by atoms with Crippen LogP contribution in [-0.2, 0) is 4.79 Å². The molecule has 2 aromatic carbocycles. The first-order valence-corrected chi connectivity index (χ1v) is 10.1. The molecule has 2 heterocycles. The van der Waals surface area contributed by atoms with Gasteiger partial charge in [0, 0.05) is 28.8 Å². The van der Waals surface area contributed by atoms with Gasteiger partial charge in [0.15, 0.2) is 11.6 Å². The van der Waals surface area contributed by atoms with E-state index >= 15 is 0 Å². The van der Waals surface area contributed by atoms with Gasteiger partial charge in [0.1, 0.15) is 11.9 Å². The number of aromatic nitrogens is 3. The smallest absolute Gasteiger partial charge is 0.226 e. The van der Waals surface area contributed by atoms with Gasteiger partial charge in [0.2, 0.25) is 5.95 Å². The van der Waals surface area contributed by atoms with Crippen molar-refractivity contribution in [3.05, 3.63) is 76.7 Å². The number of allylic oxidation sites excluding steroid dienone is 2. The maximum Gasteiger partial charge on any atom is 0.226 e. The number of benzene rings is 2. The average Bonchev–Trinajstić information content (AvgIpc) is 3.10. The van der Waals surface area contributed by atoms with E-state index in [1.807, 2.05) is 31.2 Å². The van der Waals surface area contributed by atoms with Gasteiger partial charge in [0.05, 0.1) is 0 Å². The minimum Gasteiger partial charge on any atom is -0.328 e. The summed E-state index contributed by atoms with van der Waals surface area (Å²) < 4.78 is 16.5. The van der Waals surface area contributed by atoms with Gasteiger partial charge >= 0.3 is 0 Å². The molecule has 1 N–H and O–H groups in total. The zero-order chi connectivity index (χ0) is 21.0. The van der Waals surface area contributed by atoms with Gasteiger partial charge < -0.3 is 5.32 Å². The van der Waals surface area contributed by atoms with Crippen LogP contribution in [0.5, 0.6) is 0 Å². The number of fused-ring (bicyclic) bond motifs is 1. The molecular weight excluding hydrogens is 379 g/mol. The highest BCUT2D eigenvalue weighted by atomic mass is 19.1. The number of rotatable bonds is 2. The van der Waals surface area contributed by atoms with Crippen LogP contribution in [0.15, 0.2) is 59.8 Å². The van der Waals surface area contributed by atoms with Crippen LogP contribution in [-0.4, -0.2) is 20.5 Å². The van der Waals surface area contributed by atoms with Crippen LogP contribution in [0.2, 0.25) is 0 Å². The summed E-state index contributed by atoms with van der Waals surface area (Å²) in [5, 5.41) is 8.05. The number of carbonyl (C=O) groups is 1. The van der Waals surface area contributed by atoms with Crippen LogP contribution < -0.4 is 5.32 Å². The summed E-state index contributed by atoms with van der Waals surface area (Å²) >= 11 is 0. The van der Waals surface area contributed by atoms with E-state index in [0.29, 0.717) is 35.8 Å². The van der Waals surface area contributed by atoms with Crippen LogP contribution >= 0.6 is 0 Å². The van der Waals surface area contributed by atoms with Gasteiger partial charge in [-0.3, -0.25) is 4.79 Å². The van der Waals surface area contributed by atoms with Crippen molar-refractivity contribution < 1.29 is 9.18 Å². The van der Waals surface area contributed by atoms with E-state index in [4.69, 9.17) is 10.1 Å². The number of carbonyl (C=O) groups excluding carboxylic acids is 1. The number of hydrogen-bond acceptors (Lipinski definition) is 4. The Bertz CT molecular complexity index is 1210. The molecule has 0 fully saturated rings. The van der Waals surface area contributed by atoms with Crippen LogP contribution in [0.3, 0.4) is 0 Å². The molecule has 0 bridgehead atoms. The first-order chi connectivity index (χ1) is 14.3. The van der Waals surface area contributed by atoms with Crippen molar-refractivity contribution in [3.8, 4) is 11.4 Å². The lowest BCUT2D eigenvalue weighted by atomic mass is 9.73. The number of aryl methyl sites for hydroxylation is 1. The van der Waals surface area contributed by atoms with Gasteiger partial charge in [-0.15, -0.1) is 5.10 Å². The van der Waals surface area contributed by atoms with Crippen molar-refractivity contribution in [3.63, 3.8) is 0 Å². The Morgan fingerprint density at radius 1 is 1.13 bits per heavy atom. The third-order valence-corrected chi connectivity index (χ3v) is 5.81. The van der Waals surface area contributed by atoms with E-state index in [2.05, 4.69) is 19.2 Å². The summed E-state index contributed by atoms with van der Waals surface area (Å²) in [7, 11) is 0. The van der Waals surface area contributed by atoms with E-state index in [9.17, 15) is 9.18 Å². The third kappa shape index (κ3) is 3.03. The van der Waals surface area contributed by atoms with Crippen LogP contribution in [0.1, 0.15) is 43.9 Å². The lowest BCUT2D eigenvalue weighted by molar-refractivity contribution is -0.118. The SMILES string of the molecule is Cc1cccc(-c2nc3n(n2)C(c2ccccc2F)C2=C(CC(C)(C)CC2=O)N3)c1. The van der Waals surface area contributed by atoms with E-state index in [1.165, 1.54) is 6.07 Å². The Hall–Kier alpha value is -3.28. The lowest BCUT2D eigenvalue weighted by Crippen LogP contribution is -2.36. The van der Waals surface area contributed by atoms with E-state index < -0.39 is 6.04 Å². The molecule has 0 saturated heterocycles. The molecule has 0 saturated carbocycles. The Morgan fingerprint density at radius 2 is 1.93 bits per heavy atom. The van der Waals surface area contributed by atoms with Crippen LogP contribution in [0.4, 0.5) is 10.3 Å². The molecule has 1 aliphatic heterocycles. The number of halogens is 1. The summed E-state index contributed by atoms with van der Waals surface area (Å²) in [5.41, 5.74) is 3.67. The molecule has 6 heteroatoms. The number of Topliss-reactive ketones (excluding diaryl/α,β-unsaturated/α-hetero) is 1. The second-order valence-electron chi connectivity index (χ2n) is 8.96. The maximum atomic E-state index is 14.9. The minimum atomic E-state index is -0.632. The molecule has 1 aliphatic carbocycles. The van der Waals surface area contributed by atoms with E-state index in [0.717, 1.165) is 16.8 Å². The predicted molar refractivity (Wildman–Crippen MR) is 113 cm³/mol. The van der Waals surface area contributed by atoms with Crippen molar-refractivity contribution in [2.24, 2.45) is 5.41 Å². The summed E-state index contributed by atoms with van der Waals surface area (Å²) in [6, 6.07) is 13.9. The normalized spacial score (nSPS) is 19.9. The Labute approximate surface area is 174 Å². The molecule has 30 heavy (non-hydrogen) atoms. The predicted octanol–water partition coefficient (Wildman–Crippen LogP) is 5.05. The Kier molecular flexibility index (Phi) is 4.13. The molecule has 1 atom stereocenters. The first kappa shape index (κ1) is 18.7. The molecule has 1 unspecified atom stereocenters. The number of nitrogens with one attached hydrogen (secondary N) is 1. The molecular formula is C24H23FN4O. The second kappa shape index (κ2) is 6.62. The number of ketones is 1. The molecule has 5 rings (SSSR count). The zero-order valence-corrected chi connectivity index (χ0v) is 17.2. The fourth-order valence-corrected chi connectivity index (χ4v) is 4.50. The van der Waals surface area contributed by atoms with E-state index in [1.54, 1.807) is 22.9 Å². The van der Waals surface area contributed by atoms with Gasteiger partial charge in [-0.2, -0.15) is 4.98 Å². The Balaban J connectivity index is 1.71. The highest BCUT2D eigenvalue weighted by Crippen LogP contribution is 2.46. The van der Waals surface area contributed by atoms with Crippen molar-refractivity contribution >= 4 is 11.7 Å². The molecule has 2 aliphatic rings. The monoisotopic (exact) mass is 402 g/mol. The van der Waals surface area contributed by atoms with Gasteiger partial charge in [0.25, 0.3) is 0 Å². The molecule has 0 spiro atoms. The molecule has 3 aromatic rings. The van der Waals surface area contributed by atoms with Crippen molar-refractivity contribution in [2.75, 3.05) is 5.32 Å².